The molecule has 0 saturated carbocycles. The van der Waals surface area contributed by atoms with Crippen LogP contribution in [0.2, 0.25) is 0 Å². The van der Waals surface area contributed by atoms with Gasteiger partial charge in [-0.3, -0.25) is 4.68 Å². The predicted molar refractivity (Wildman–Crippen MR) is 51.3 cm³/mol. The third-order valence-corrected chi connectivity index (χ3v) is 2.01. The lowest BCUT2D eigenvalue weighted by Crippen LogP contribution is -1.92. The standard InChI is InChI=1S/C9H12N4O/c1-2-13-6-7(5-11-13)9-3-8(4-10)14-12-9/h3,5-6H,2,4,10H2,1H3. The van der Waals surface area contributed by atoms with Crippen molar-refractivity contribution in [3.8, 4) is 11.3 Å². The first-order valence-corrected chi connectivity index (χ1v) is 4.52. The monoisotopic (exact) mass is 192 g/mol. The van der Waals surface area contributed by atoms with E-state index in [-0.39, 0.29) is 0 Å². The van der Waals surface area contributed by atoms with Gasteiger partial charge >= 0.3 is 0 Å². The first-order chi connectivity index (χ1) is 6.83. The molecule has 0 aliphatic heterocycles. The predicted octanol–water partition coefficient (Wildman–Crippen LogP) is 1.02. The average Bonchev–Trinajstić information content (AvgIpc) is 2.86. The molecule has 0 amide bonds. The number of rotatable bonds is 3. The zero-order valence-electron chi connectivity index (χ0n) is 7.97. The molecule has 0 aromatic carbocycles. The van der Waals surface area contributed by atoms with Gasteiger partial charge in [0.15, 0.2) is 5.76 Å². The molecule has 2 rings (SSSR count). The molecule has 5 nitrogen and oxygen atoms in total. The van der Waals surface area contributed by atoms with Crippen molar-refractivity contribution in [1.29, 1.82) is 0 Å². The van der Waals surface area contributed by atoms with Gasteiger partial charge in [-0.25, -0.2) is 0 Å². The molecule has 0 atom stereocenters. The van der Waals surface area contributed by atoms with Crippen molar-refractivity contribution in [3.63, 3.8) is 0 Å². The van der Waals surface area contributed by atoms with Gasteiger partial charge in [0.2, 0.25) is 0 Å². The summed E-state index contributed by atoms with van der Waals surface area (Å²) in [6, 6.07) is 1.83. The Kier molecular flexibility index (Phi) is 2.32. The zero-order chi connectivity index (χ0) is 9.97. The van der Waals surface area contributed by atoms with Crippen LogP contribution in [0.5, 0.6) is 0 Å². The van der Waals surface area contributed by atoms with E-state index in [1.165, 1.54) is 0 Å². The van der Waals surface area contributed by atoms with Crippen molar-refractivity contribution < 1.29 is 4.52 Å². The molecule has 14 heavy (non-hydrogen) atoms. The highest BCUT2D eigenvalue weighted by Gasteiger charge is 2.06. The summed E-state index contributed by atoms with van der Waals surface area (Å²) in [5.41, 5.74) is 7.15. The molecule has 2 aromatic heterocycles. The molecular formula is C9H12N4O. The summed E-state index contributed by atoms with van der Waals surface area (Å²) in [5, 5.41) is 8.05. The zero-order valence-corrected chi connectivity index (χ0v) is 7.97. The average molecular weight is 192 g/mol. The summed E-state index contributed by atoms with van der Waals surface area (Å²) in [5.74, 6) is 0.684. The SMILES string of the molecule is CCn1cc(-c2cc(CN)on2)cn1. The summed E-state index contributed by atoms with van der Waals surface area (Å²) in [6.07, 6.45) is 3.69. The minimum atomic E-state index is 0.370. The highest BCUT2D eigenvalue weighted by Crippen LogP contribution is 2.17. The van der Waals surface area contributed by atoms with Gasteiger partial charge in [-0.1, -0.05) is 5.16 Å². The third-order valence-electron chi connectivity index (χ3n) is 2.01. The molecule has 0 aliphatic carbocycles. The molecule has 0 saturated heterocycles. The lowest BCUT2D eigenvalue weighted by molar-refractivity contribution is 0.387. The van der Waals surface area contributed by atoms with Gasteiger partial charge < -0.3 is 10.3 Å². The molecule has 0 fully saturated rings. The van der Waals surface area contributed by atoms with Crippen LogP contribution in [0.25, 0.3) is 11.3 Å². The minimum absolute atomic E-state index is 0.370. The Morgan fingerprint density at radius 1 is 1.57 bits per heavy atom. The molecule has 0 radical (unpaired) electrons. The Balaban J connectivity index is 2.29. The second kappa shape index (κ2) is 3.63. The lowest BCUT2D eigenvalue weighted by atomic mass is 10.2. The second-order valence-electron chi connectivity index (χ2n) is 2.97. The first kappa shape index (κ1) is 8.96. The number of aryl methyl sites for hydroxylation is 1. The van der Waals surface area contributed by atoms with E-state index in [1.54, 1.807) is 6.20 Å². The van der Waals surface area contributed by atoms with E-state index in [2.05, 4.69) is 10.3 Å². The topological polar surface area (TPSA) is 69.9 Å². The van der Waals surface area contributed by atoms with Gasteiger partial charge in [-0.15, -0.1) is 0 Å². The Morgan fingerprint density at radius 2 is 2.43 bits per heavy atom. The van der Waals surface area contributed by atoms with Crippen LogP contribution in [0.4, 0.5) is 0 Å². The van der Waals surface area contributed by atoms with Crippen LogP contribution in [0.3, 0.4) is 0 Å². The molecule has 0 spiro atoms. The van der Waals surface area contributed by atoms with E-state index in [4.69, 9.17) is 10.3 Å². The van der Waals surface area contributed by atoms with Crippen LogP contribution >= 0.6 is 0 Å². The van der Waals surface area contributed by atoms with E-state index in [1.807, 2.05) is 23.9 Å². The van der Waals surface area contributed by atoms with Gasteiger partial charge in [0.25, 0.3) is 0 Å². The molecule has 2 aromatic rings. The van der Waals surface area contributed by atoms with Crippen molar-refractivity contribution in [2.45, 2.75) is 20.0 Å². The fourth-order valence-corrected chi connectivity index (χ4v) is 1.21. The van der Waals surface area contributed by atoms with Gasteiger partial charge in [-0.2, -0.15) is 5.10 Å². The highest BCUT2D eigenvalue weighted by molar-refractivity contribution is 5.56. The van der Waals surface area contributed by atoms with E-state index < -0.39 is 0 Å². The molecule has 2 N–H and O–H groups in total. The van der Waals surface area contributed by atoms with Crippen LogP contribution in [-0.2, 0) is 13.1 Å². The van der Waals surface area contributed by atoms with Gasteiger partial charge in [0.1, 0.15) is 5.69 Å². The largest absolute Gasteiger partial charge is 0.359 e. The fourth-order valence-electron chi connectivity index (χ4n) is 1.21. The Labute approximate surface area is 81.5 Å². The summed E-state index contributed by atoms with van der Waals surface area (Å²) >= 11 is 0. The van der Waals surface area contributed by atoms with Crippen LogP contribution in [0, 0.1) is 0 Å². The number of nitrogens with zero attached hydrogens (tertiary/aromatic N) is 3. The highest BCUT2D eigenvalue weighted by atomic mass is 16.5. The second-order valence-corrected chi connectivity index (χ2v) is 2.97. The molecule has 74 valence electrons. The van der Waals surface area contributed by atoms with E-state index >= 15 is 0 Å². The summed E-state index contributed by atoms with van der Waals surface area (Å²) < 4.78 is 6.84. The normalized spacial score (nSPS) is 10.7. The molecule has 5 heteroatoms. The van der Waals surface area contributed by atoms with Crippen LogP contribution in [0.1, 0.15) is 12.7 Å². The molecule has 0 bridgehead atoms. The first-order valence-electron chi connectivity index (χ1n) is 4.52. The molecule has 2 heterocycles. The smallest absolute Gasteiger partial charge is 0.150 e. The quantitative estimate of drug-likeness (QED) is 0.788. The van der Waals surface area contributed by atoms with Crippen LogP contribution < -0.4 is 5.73 Å². The van der Waals surface area contributed by atoms with Gasteiger partial charge in [0.05, 0.1) is 12.7 Å². The Morgan fingerprint density at radius 3 is 3.00 bits per heavy atom. The minimum Gasteiger partial charge on any atom is -0.359 e. The van der Waals surface area contributed by atoms with E-state index in [0.29, 0.717) is 12.3 Å². The fraction of sp³-hybridized carbons (Fsp3) is 0.333. The Bertz CT molecular complexity index is 378. The van der Waals surface area contributed by atoms with Crippen LogP contribution in [0.15, 0.2) is 23.0 Å². The van der Waals surface area contributed by atoms with E-state index in [9.17, 15) is 0 Å². The number of hydrogen-bond donors (Lipinski definition) is 1. The van der Waals surface area contributed by atoms with Gasteiger partial charge in [-0.05, 0) is 6.92 Å². The summed E-state index contributed by atoms with van der Waals surface area (Å²) in [7, 11) is 0. The van der Waals surface area contributed by atoms with Crippen molar-refractivity contribution >= 4 is 0 Å². The Hall–Kier alpha value is -1.62. The summed E-state index contributed by atoms with van der Waals surface area (Å²) in [6.45, 7) is 3.25. The van der Waals surface area contributed by atoms with Crippen molar-refractivity contribution in [2.24, 2.45) is 5.73 Å². The van der Waals surface area contributed by atoms with E-state index in [0.717, 1.165) is 17.8 Å². The van der Waals surface area contributed by atoms with Crippen molar-refractivity contribution in [1.82, 2.24) is 14.9 Å². The van der Waals surface area contributed by atoms with Crippen molar-refractivity contribution in [3.05, 3.63) is 24.2 Å². The van der Waals surface area contributed by atoms with Gasteiger partial charge in [0, 0.05) is 24.4 Å². The maximum atomic E-state index is 5.42. The maximum absolute atomic E-state index is 5.42. The van der Waals surface area contributed by atoms with Crippen LogP contribution in [-0.4, -0.2) is 14.9 Å². The summed E-state index contributed by atoms with van der Waals surface area (Å²) in [4.78, 5) is 0. The van der Waals surface area contributed by atoms with Crippen molar-refractivity contribution in [2.75, 3.05) is 0 Å². The molecule has 0 unspecified atom stereocenters. The lowest BCUT2D eigenvalue weighted by Gasteiger charge is -1.89. The number of hydrogen-bond acceptors (Lipinski definition) is 4. The number of aromatic nitrogens is 3. The maximum Gasteiger partial charge on any atom is 0.150 e. The number of nitrogens with two attached hydrogens (primary N) is 1. The third kappa shape index (κ3) is 1.54. The molecular weight excluding hydrogens is 180 g/mol. The molecule has 0 aliphatic rings.